The quantitative estimate of drug-likeness (QED) is 0.518. The van der Waals surface area contributed by atoms with Crippen molar-refractivity contribution >= 4 is 16.8 Å². The van der Waals surface area contributed by atoms with E-state index in [1.807, 2.05) is 18.2 Å². The van der Waals surface area contributed by atoms with E-state index in [4.69, 9.17) is 0 Å². The first-order valence-corrected chi connectivity index (χ1v) is 8.99. The molecule has 2 aromatic carbocycles. The van der Waals surface area contributed by atoms with Crippen molar-refractivity contribution in [3.05, 3.63) is 59.9 Å². The molecule has 138 valence electrons. The van der Waals surface area contributed by atoms with Gasteiger partial charge in [-0.05, 0) is 61.5 Å². The average molecular weight is 360 g/mol. The molecule has 1 aliphatic carbocycles. The number of halogens is 3. The van der Waals surface area contributed by atoms with Crippen molar-refractivity contribution in [2.45, 2.75) is 45.1 Å². The summed E-state index contributed by atoms with van der Waals surface area (Å²) in [6.45, 7) is 2.58. The van der Waals surface area contributed by atoms with E-state index < -0.39 is 12.4 Å². The number of ether oxygens (including phenoxy) is 1. The van der Waals surface area contributed by atoms with Crippen LogP contribution in [0, 0.1) is 11.7 Å². The molecule has 3 rings (SSSR count). The molecule has 1 aliphatic rings. The molecular weight excluding hydrogens is 337 g/mol. The largest absolute Gasteiger partial charge is 0.434 e. The van der Waals surface area contributed by atoms with E-state index in [0.717, 1.165) is 31.2 Å². The number of benzene rings is 2. The van der Waals surface area contributed by atoms with E-state index in [0.29, 0.717) is 22.6 Å². The van der Waals surface area contributed by atoms with Gasteiger partial charge in [0.1, 0.15) is 11.6 Å². The van der Waals surface area contributed by atoms with Crippen LogP contribution < -0.4 is 4.74 Å². The first-order chi connectivity index (χ1) is 12.5. The third kappa shape index (κ3) is 3.79. The van der Waals surface area contributed by atoms with Gasteiger partial charge in [-0.2, -0.15) is 8.78 Å². The van der Waals surface area contributed by atoms with Crippen LogP contribution in [0.1, 0.15) is 49.7 Å². The van der Waals surface area contributed by atoms with Crippen LogP contribution in [0.15, 0.2) is 43.0 Å². The maximum Gasteiger partial charge on any atom is 0.387 e. The van der Waals surface area contributed by atoms with Crippen molar-refractivity contribution in [3.63, 3.8) is 0 Å². The molecule has 0 spiro atoms. The predicted octanol–water partition coefficient (Wildman–Crippen LogP) is 7.07. The van der Waals surface area contributed by atoms with Crippen molar-refractivity contribution < 1.29 is 17.9 Å². The van der Waals surface area contributed by atoms with Gasteiger partial charge in [-0.15, -0.1) is 6.58 Å². The highest BCUT2D eigenvalue weighted by Gasteiger charge is 2.22. The lowest BCUT2D eigenvalue weighted by Gasteiger charge is -2.27. The fourth-order valence-corrected chi connectivity index (χ4v) is 3.83. The minimum atomic E-state index is -2.99. The molecule has 0 amide bonds. The second-order valence-electron chi connectivity index (χ2n) is 6.81. The Balaban J connectivity index is 2.01. The zero-order chi connectivity index (χ0) is 18.7. The minimum Gasteiger partial charge on any atom is -0.434 e. The Labute approximate surface area is 152 Å². The van der Waals surface area contributed by atoms with E-state index in [2.05, 4.69) is 11.3 Å². The molecule has 0 radical (unpaired) electrons. The molecule has 0 aromatic heterocycles. The second-order valence-corrected chi connectivity index (χ2v) is 6.81. The average Bonchev–Trinajstić information content (AvgIpc) is 2.64. The standard InChI is InChI=1S/C22H23F3O/c1-3-5-19-20(26-22(24)25)13-17-12-16(10-11-18(17)21(19)23)15-8-6-14(4-2)7-9-15/h3-5,10-15,22H,2,6-9H2,1H3/b5-3+. The lowest BCUT2D eigenvalue weighted by atomic mass is 9.78. The first kappa shape index (κ1) is 18.6. The highest BCUT2D eigenvalue weighted by atomic mass is 19.3. The van der Waals surface area contributed by atoms with E-state index >= 15 is 0 Å². The van der Waals surface area contributed by atoms with Crippen LogP contribution in [-0.4, -0.2) is 6.61 Å². The molecule has 26 heavy (non-hydrogen) atoms. The number of hydrogen-bond acceptors (Lipinski definition) is 1. The third-order valence-corrected chi connectivity index (χ3v) is 5.23. The predicted molar refractivity (Wildman–Crippen MR) is 100 cm³/mol. The van der Waals surface area contributed by atoms with Crippen LogP contribution in [0.5, 0.6) is 5.75 Å². The Morgan fingerprint density at radius 3 is 2.50 bits per heavy atom. The third-order valence-electron chi connectivity index (χ3n) is 5.23. The van der Waals surface area contributed by atoms with Crippen LogP contribution in [0.3, 0.4) is 0 Å². The van der Waals surface area contributed by atoms with Crippen molar-refractivity contribution in [2.24, 2.45) is 5.92 Å². The summed E-state index contributed by atoms with van der Waals surface area (Å²) in [5.74, 6) is 0.320. The Bertz CT molecular complexity index is 818. The molecule has 2 aromatic rings. The molecule has 0 N–H and O–H groups in total. The normalized spacial score (nSPS) is 20.8. The van der Waals surface area contributed by atoms with Gasteiger partial charge in [-0.1, -0.05) is 36.4 Å². The SMILES string of the molecule is C=CC1CCC(c2ccc3c(F)c(/C=C/C)c(OC(F)F)cc3c2)CC1. The topological polar surface area (TPSA) is 9.23 Å². The van der Waals surface area contributed by atoms with Crippen molar-refractivity contribution in [3.8, 4) is 5.75 Å². The van der Waals surface area contributed by atoms with Crippen molar-refractivity contribution in [1.29, 1.82) is 0 Å². The van der Waals surface area contributed by atoms with Gasteiger partial charge in [0.15, 0.2) is 0 Å². The monoisotopic (exact) mass is 360 g/mol. The smallest absolute Gasteiger partial charge is 0.387 e. The second kappa shape index (κ2) is 7.98. The lowest BCUT2D eigenvalue weighted by Crippen LogP contribution is -2.11. The molecule has 1 saturated carbocycles. The number of alkyl halides is 2. The van der Waals surface area contributed by atoms with Gasteiger partial charge >= 0.3 is 6.61 Å². The van der Waals surface area contributed by atoms with Gasteiger partial charge in [0.05, 0.1) is 5.56 Å². The van der Waals surface area contributed by atoms with Crippen LogP contribution in [0.4, 0.5) is 13.2 Å². The van der Waals surface area contributed by atoms with Crippen molar-refractivity contribution in [1.82, 2.24) is 0 Å². The summed E-state index contributed by atoms with van der Waals surface area (Å²) in [6, 6.07) is 7.13. The highest BCUT2D eigenvalue weighted by Crippen LogP contribution is 2.39. The Morgan fingerprint density at radius 1 is 1.15 bits per heavy atom. The summed E-state index contributed by atoms with van der Waals surface area (Å²) in [4.78, 5) is 0. The molecular formula is C22H23F3O. The maximum atomic E-state index is 14.9. The molecule has 0 heterocycles. The van der Waals surface area contributed by atoms with E-state index in [1.54, 1.807) is 19.1 Å². The van der Waals surface area contributed by atoms with Crippen LogP contribution in [0.2, 0.25) is 0 Å². The summed E-state index contributed by atoms with van der Waals surface area (Å²) >= 11 is 0. The Hall–Kier alpha value is -2.23. The molecule has 1 nitrogen and oxygen atoms in total. The lowest BCUT2D eigenvalue weighted by molar-refractivity contribution is -0.0500. The van der Waals surface area contributed by atoms with Crippen LogP contribution in [0.25, 0.3) is 16.8 Å². The van der Waals surface area contributed by atoms with Gasteiger partial charge in [0, 0.05) is 5.39 Å². The fourth-order valence-electron chi connectivity index (χ4n) is 3.83. The minimum absolute atomic E-state index is 0.0551. The highest BCUT2D eigenvalue weighted by molar-refractivity contribution is 5.88. The van der Waals surface area contributed by atoms with E-state index in [1.165, 1.54) is 12.1 Å². The number of hydrogen-bond donors (Lipinski definition) is 0. The molecule has 4 heteroatoms. The zero-order valence-electron chi connectivity index (χ0n) is 14.9. The number of allylic oxidation sites excluding steroid dienone is 2. The molecule has 0 bridgehead atoms. The Morgan fingerprint density at radius 2 is 1.88 bits per heavy atom. The molecule has 0 aliphatic heterocycles. The number of fused-ring (bicyclic) bond motifs is 1. The van der Waals surface area contributed by atoms with Crippen LogP contribution in [-0.2, 0) is 0 Å². The zero-order valence-corrected chi connectivity index (χ0v) is 14.9. The van der Waals surface area contributed by atoms with Crippen LogP contribution >= 0.6 is 0 Å². The fraction of sp³-hybridized carbons (Fsp3) is 0.364. The van der Waals surface area contributed by atoms with E-state index in [9.17, 15) is 13.2 Å². The maximum absolute atomic E-state index is 14.9. The molecule has 1 fully saturated rings. The van der Waals surface area contributed by atoms with Gasteiger partial charge in [-0.3, -0.25) is 0 Å². The first-order valence-electron chi connectivity index (χ1n) is 8.99. The molecule has 0 unspecified atom stereocenters. The van der Waals surface area contributed by atoms with Crippen molar-refractivity contribution in [2.75, 3.05) is 0 Å². The summed E-state index contributed by atoms with van der Waals surface area (Å²) in [5, 5.41) is 1.01. The summed E-state index contributed by atoms with van der Waals surface area (Å²) in [5.41, 5.74) is 1.18. The molecule has 0 saturated heterocycles. The van der Waals surface area contributed by atoms with Gasteiger partial charge in [0.25, 0.3) is 0 Å². The summed E-state index contributed by atoms with van der Waals surface area (Å²) < 4.78 is 44.9. The van der Waals surface area contributed by atoms with Gasteiger partial charge < -0.3 is 4.74 Å². The number of rotatable bonds is 5. The van der Waals surface area contributed by atoms with E-state index in [-0.39, 0.29) is 11.3 Å². The summed E-state index contributed by atoms with van der Waals surface area (Å²) in [7, 11) is 0. The van der Waals surface area contributed by atoms with Gasteiger partial charge in [0.2, 0.25) is 0 Å². The summed E-state index contributed by atoms with van der Waals surface area (Å²) in [6.07, 6.45) is 9.39. The Kier molecular flexibility index (Phi) is 5.70. The molecule has 0 atom stereocenters. The van der Waals surface area contributed by atoms with Gasteiger partial charge in [-0.25, -0.2) is 4.39 Å².